The number of aromatic carboxylic acids is 1. The molecule has 4 nitrogen and oxygen atoms in total. The molecule has 2 rings (SSSR count). The van der Waals surface area contributed by atoms with Gasteiger partial charge in [-0.2, -0.15) is 0 Å². The summed E-state index contributed by atoms with van der Waals surface area (Å²) in [6.45, 7) is 0. The van der Waals surface area contributed by atoms with E-state index in [1.165, 1.54) is 0 Å². The number of carboxylic acid groups (broad SMARTS) is 2. The smallest absolute Gasteiger partial charge is 0.341 e. The van der Waals surface area contributed by atoms with E-state index in [4.69, 9.17) is 10.2 Å². The van der Waals surface area contributed by atoms with Crippen LogP contribution < -0.4 is 0 Å². The highest BCUT2D eigenvalue weighted by atomic mass is 19.2. The van der Waals surface area contributed by atoms with Gasteiger partial charge in [0.2, 0.25) is 0 Å². The summed E-state index contributed by atoms with van der Waals surface area (Å²) in [6.07, 6.45) is 0.283. The molecular formula is C13H10F4O4. The van der Waals surface area contributed by atoms with Gasteiger partial charge in [0, 0.05) is 11.5 Å². The second-order valence-electron chi connectivity index (χ2n) is 4.89. The van der Waals surface area contributed by atoms with Gasteiger partial charge in [-0.3, -0.25) is 4.79 Å². The Hall–Kier alpha value is -2.12. The minimum absolute atomic E-state index is 0.389. The van der Waals surface area contributed by atoms with Crippen LogP contribution in [0.2, 0.25) is 0 Å². The summed E-state index contributed by atoms with van der Waals surface area (Å²) in [5.41, 5.74) is -2.75. The Bertz CT molecular complexity index is 596. The van der Waals surface area contributed by atoms with E-state index in [2.05, 4.69) is 0 Å². The van der Waals surface area contributed by atoms with Crippen LogP contribution in [0.15, 0.2) is 0 Å². The molecular weight excluding hydrogens is 296 g/mol. The maximum absolute atomic E-state index is 13.9. The molecule has 1 atom stereocenters. The largest absolute Gasteiger partial charge is 0.481 e. The minimum Gasteiger partial charge on any atom is -0.481 e. The fourth-order valence-corrected chi connectivity index (χ4v) is 2.35. The van der Waals surface area contributed by atoms with E-state index < -0.39 is 58.7 Å². The lowest BCUT2D eigenvalue weighted by atomic mass is 9.89. The third-order valence-corrected chi connectivity index (χ3v) is 3.47. The van der Waals surface area contributed by atoms with Crippen molar-refractivity contribution >= 4 is 11.9 Å². The van der Waals surface area contributed by atoms with Crippen molar-refractivity contribution in [3.63, 3.8) is 0 Å². The fraction of sp³-hybridized carbons (Fsp3) is 0.385. The maximum Gasteiger partial charge on any atom is 0.341 e. The molecule has 8 heteroatoms. The molecule has 0 saturated heterocycles. The van der Waals surface area contributed by atoms with Crippen molar-refractivity contribution in [3.05, 3.63) is 34.4 Å². The number of carboxylic acids is 2. The molecule has 0 bridgehead atoms. The summed E-state index contributed by atoms with van der Waals surface area (Å²) in [7, 11) is 0. The van der Waals surface area contributed by atoms with E-state index in [9.17, 15) is 27.2 Å². The van der Waals surface area contributed by atoms with E-state index in [-0.39, 0.29) is 5.92 Å². The molecule has 0 heterocycles. The predicted octanol–water partition coefficient (Wildman–Crippen LogP) is 2.91. The average Bonchev–Trinajstić information content (AvgIpc) is 3.19. The highest BCUT2D eigenvalue weighted by Gasteiger charge is 2.40. The molecule has 21 heavy (non-hydrogen) atoms. The van der Waals surface area contributed by atoms with Crippen molar-refractivity contribution in [3.8, 4) is 0 Å². The number of hydrogen-bond acceptors (Lipinski definition) is 2. The normalized spacial score (nSPS) is 15.8. The third-order valence-electron chi connectivity index (χ3n) is 3.47. The highest BCUT2D eigenvalue weighted by molar-refractivity contribution is 5.88. The van der Waals surface area contributed by atoms with Crippen molar-refractivity contribution < 1.29 is 37.4 Å². The SMILES string of the molecule is O=C(O)CC(c1c(F)c(F)c(C(=O)O)c(F)c1F)C1CC1. The highest BCUT2D eigenvalue weighted by Crippen LogP contribution is 2.46. The molecule has 0 spiro atoms. The molecule has 1 fully saturated rings. The molecule has 114 valence electrons. The first-order valence-electron chi connectivity index (χ1n) is 6.06. The summed E-state index contributed by atoms with van der Waals surface area (Å²) in [5, 5.41) is 17.3. The standard InChI is InChI=1S/C13H10F4O4/c14-9-7(5(3-6(18)19)4-1-2-4)10(15)12(17)8(11(9)16)13(20)21/h4-5H,1-3H2,(H,18,19)(H,20,21). The first-order chi connectivity index (χ1) is 9.75. The molecule has 0 radical (unpaired) electrons. The van der Waals surface area contributed by atoms with Crippen LogP contribution in [0.3, 0.4) is 0 Å². The molecule has 2 N–H and O–H groups in total. The van der Waals surface area contributed by atoms with E-state index >= 15 is 0 Å². The Kier molecular flexibility index (Phi) is 3.89. The van der Waals surface area contributed by atoms with Crippen LogP contribution in [0, 0.1) is 29.2 Å². The molecule has 1 aromatic rings. The van der Waals surface area contributed by atoms with E-state index in [0.29, 0.717) is 12.8 Å². The zero-order chi connectivity index (χ0) is 15.9. The van der Waals surface area contributed by atoms with Crippen molar-refractivity contribution in [1.29, 1.82) is 0 Å². The van der Waals surface area contributed by atoms with Crippen LogP contribution in [0.25, 0.3) is 0 Å². The second kappa shape index (κ2) is 5.34. The molecule has 1 aliphatic rings. The lowest BCUT2D eigenvalue weighted by molar-refractivity contribution is -0.137. The van der Waals surface area contributed by atoms with Crippen molar-refractivity contribution in [2.75, 3.05) is 0 Å². The monoisotopic (exact) mass is 306 g/mol. The topological polar surface area (TPSA) is 74.6 Å². The second-order valence-corrected chi connectivity index (χ2v) is 4.89. The van der Waals surface area contributed by atoms with Crippen molar-refractivity contribution in [2.24, 2.45) is 5.92 Å². The Morgan fingerprint density at radius 1 is 1.00 bits per heavy atom. The molecule has 0 aliphatic heterocycles. The summed E-state index contributed by atoms with van der Waals surface area (Å²) in [5.74, 6) is -12.9. The molecule has 0 aromatic heterocycles. The lowest BCUT2D eigenvalue weighted by Crippen LogP contribution is -2.18. The Balaban J connectivity index is 2.63. The van der Waals surface area contributed by atoms with Gasteiger partial charge in [-0.1, -0.05) is 0 Å². The van der Waals surface area contributed by atoms with Gasteiger partial charge < -0.3 is 10.2 Å². The van der Waals surface area contributed by atoms with Gasteiger partial charge in [0.15, 0.2) is 23.3 Å². The molecule has 0 amide bonds. The van der Waals surface area contributed by atoms with Crippen LogP contribution in [0.4, 0.5) is 17.6 Å². The van der Waals surface area contributed by atoms with Crippen molar-refractivity contribution in [1.82, 2.24) is 0 Å². The van der Waals surface area contributed by atoms with E-state index in [1.54, 1.807) is 0 Å². The number of aliphatic carboxylic acids is 1. The number of halogens is 4. The molecule has 1 aromatic carbocycles. The first-order valence-corrected chi connectivity index (χ1v) is 6.06. The first kappa shape index (κ1) is 15.3. The Morgan fingerprint density at radius 2 is 1.48 bits per heavy atom. The van der Waals surface area contributed by atoms with Crippen LogP contribution in [-0.2, 0) is 4.79 Å². The van der Waals surface area contributed by atoms with E-state index in [1.807, 2.05) is 0 Å². The van der Waals surface area contributed by atoms with E-state index in [0.717, 1.165) is 0 Å². The zero-order valence-corrected chi connectivity index (χ0v) is 10.5. The van der Waals surface area contributed by atoms with Crippen molar-refractivity contribution in [2.45, 2.75) is 25.2 Å². The summed E-state index contributed by atoms with van der Waals surface area (Å²) in [4.78, 5) is 21.4. The van der Waals surface area contributed by atoms with Gasteiger partial charge in [-0.15, -0.1) is 0 Å². The third kappa shape index (κ3) is 2.70. The summed E-state index contributed by atoms with van der Waals surface area (Å²) < 4.78 is 55.1. The average molecular weight is 306 g/mol. The van der Waals surface area contributed by atoms with Crippen LogP contribution in [0.1, 0.15) is 41.1 Å². The Labute approximate surface area is 116 Å². The quantitative estimate of drug-likeness (QED) is 0.648. The zero-order valence-electron chi connectivity index (χ0n) is 10.5. The Morgan fingerprint density at radius 3 is 1.81 bits per heavy atom. The van der Waals surface area contributed by atoms with Gasteiger partial charge >= 0.3 is 11.9 Å². The van der Waals surface area contributed by atoms with Gasteiger partial charge in [0.05, 0.1) is 6.42 Å². The number of benzene rings is 1. The predicted molar refractivity (Wildman–Crippen MR) is 61.0 cm³/mol. The number of hydrogen-bond donors (Lipinski definition) is 2. The van der Waals surface area contributed by atoms with Crippen LogP contribution in [0.5, 0.6) is 0 Å². The summed E-state index contributed by atoms with van der Waals surface area (Å²) in [6, 6.07) is 0. The fourth-order valence-electron chi connectivity index (χ4n) is 2.35. The van der Waals surface area contributed by atoms with Gasteiger partial charge in [0.25, 0.3) is 0 Å². The number of carbonyl (C=O) groups is 2. The maximum atomic E-state index is 13.9. The van der Waals surface area contributed by atoms with Crippen LogP contribution >= 0.6 is 0 Å². The summed E-state index contributed by atoms with van der Waals surface area (Å²) >= 11 is 0. The lowest BCUT2D eigenvalue weighted by Gasteiger charge is -2.18. The van der Waals surface area contributed by atoms with Gasteiger partial charge in [-0.05, 0) is 18.8 Å². The van der Waals surface area contributed by atoms with Gasteiger partial charge in [-0.25, -0.2) is 22.4 Å². The van der Waals surface area contributed by atoms with Crippen LogP contribution in [-0.4, -0.2) is 22.2 Å². The van der Waals surface area contributed by atoms with Gasteiger partial charge in [0.1, 0.15) is 5.56 Å². The molecule has 1 saturated carbocycles. The molecule has 1 aliphatic carbocycles. The number of rotatable bonds is 5. The minimum atomic E-state index is -2.14. The molecule has 1 unspecified atom stereocenters.